The molecule has 6 nitrogen and oxygen atoms in total. The van der Waals surface area contributed by atoms with Crippen LogP contribution in [0.2, 0.25) is 0 Å². The van der Waals surface area contributed by atoms with Crippen molar-refractivity contribution in [3.63, 3.8) is 0 Å². The summed E-state index contributed by atoms with van der Waals surface area (Å²) in [5.74, 6) is -0.187. The van der Waals surface area contributed by atoms with E-state index >= 15 is 0 Å². The van der Waals surface area contributed by atoms with Crippen molar-refractivity contribution >= 4 is 21.6 Å². The fourth-order valence-electron chi connectivity index (χ4n) is 1.89. The van der Waals surface area contributed by atoms with Gasteiger partial charge < -0.3 is 5.32 Å². The molecule has 1 saturated heterocycles. The molecule has 1 fully saturated rings. The highest BCUT2D eigenvalue weighted by Crippen LogP contribution is 2.18. The fourth-order valence-corrected chi connectivity index (χ4v) is 3.31. The molecule has 1 radical (unpaired) electrons. The third-order valence-corrected chi connectivity index (χ3v) is 4.74. The summed E-state index contributed by atoms with van der Waals surface area (Å²) in [6.45, 7) is 3.35. The van der Waals surface area contributed by atoms with Crippen LogP contribution < -0.4 is 10.6 Å². The molecule has 1 heterocycles. The van der Waals surface area contributed by atoms with Crippen molar-refractivity contribution in [2.45, 2.75) is 11.8 Å². The van der Waals surface area contributed by atoms with Crippen molar-refractivity contribution < 1.29 is 13.2 Å². The van der Waals surface area contributed by atoms with Crippen LogP contribution in [-0.2, 0) is 14.8 Å². The first kappa shape index (κ1) is 14.0. The second-order valence-corrected chi connectivity index (χ2v) is 6.22. The lowest BCUT2D eigenvalue weighted by Gasteiger charge is -2.25. The monoisotopic (exact) mass is 282 g/mol. The molecule has 0 aromatic heterocycles. The molecule has 1 aliphatic heterocycles. The van der Waals surface area contributed by atoms with Gasteiger partial charge in [-0.1, -0.05) is 0 Å². The number of hydrogen-bond acceptors (Lipinski definition) is 3. The van der Waals surface area contributed by atoms with E-state index in [0.717, 1.165) is 0 Å². The standard InChI is InChI=1S/C12H16N3O3S/c1-10(16)14-11-2-4-12(5-3-11)19(17,18)15-8-6-13-7-9-15/h2-5H,6-9H2,1H3,(H,14,16). The van der Waals surface area contributed by atoms with Crippen LogP contribution in [0.1, 0.15) is 6.92 Å². The summed E-state index contributed by atoms with van der Waals surface area (Å²) in [6, 6.07) is 6.18. The average Bonchev–Trinajstić information content (AvgIpc) is 2.40. The molecule has 1 aromatic rings. The molecule has 2 rings (SSSR count). The smallest absolute Gasteiger partial charge is 0.243 e. The summed E-state index contributed by atoms with van der Waals surface area (Å²) in [6.07, 6.45) is 0. The Morgan fingerprint density at radius 2 is 1.79 bits per heavy atom. The third-order valence-electron chi connectivity index (χ3n) is 2.83. The van der Waals surface area contributed by atoms with Crippen LogP contribution in [0.15, 0.2) is 29.2 Å². The van der Waals surface area contributed by atoms with E-state index in [2.05, 4.69) is 10.6 Å². The summed E-state index contributed by atoms with van der Waals surface area (Å²) >= 11 is 0. The van der Waals surface area contributed by atoms with Gasteiger partial charge in [-0.15, -0.1) is 0 Å². The zero-order valence-electron chi connectivity index (χ0n) is 10.7. The molecule has 0 unspecified atom stereocenters. The van der Waals surface area contributed by atoms with Crippen LogP contribution in [0.5, 0.6) is 0 Å². The predicted octanol–water partition coefficient (Wildman–Crippen LogP) is 0.254. The summed E-state index contributed by atoms with van der Waals surface area (Å²) in [7, 11) is -3.45. The van der Waals surface area contributed by atoms with Crippen molar-refractivity contribution in [2.24, 2.45) is 0 Å². The lowest BCUT2D eigenvalue weighted by Crippen LogP contribution is -2.43. The van der Waals surface area contributed by atoms with Gasteiger partial charge in [-0.25, -0.2) is 13.7 Å². The van der Waals surface area contributed by atoms with E-state index in [0.29, 0.717) is 31.9 Å². The van der Waals surface area contributed by atoms with E-state index in [4.69, 9.17) is 0 Å². The highest BCUT2D eigenvalue weighted by molar-refractivity contribution is 7.89. The van der Waals surface area contributed by atoms with Gasteiger partial charge in [-0.3, -0.25) is 4.79 Å². The average molecular weight is 282 g/mol. The number of piperazine rings is 1. The molecule has 0 aliphatic carbocycles. The van der Waals surface area contributed by atoms with Crippen molar-refractivity contribution in [3.05, 3.63) is 24.3 Å². The Morgan fingerprint density at radius 1 is 1.21 bits per heavy atom. The Morgan fingerprint density at radius 3 is 2.32 bits per heavy atom. The van der Waals surface area contributed by atoms with Gasteiger partial charge >= 0.3 is 0 Å². The second-order valence-electron chi connectivity index (χ2n) is 4.28. The molecule has 1 aliphatic rings. The summed E-state index contributed by atoms with van der Waals surface area (Å²) in [4.78, 5) is 11.1. The van der Waals surface area contributed by atoms with Crippen LogP contribution in [0.4, 0.5) is 5.69 Å². The van der Waals surface area contributed by atoms with Crippen molar-refractivity contribution in [3.8, 4) is 0 Å². The summed E-state index contributed by atoms with van der Waals surface area (Å²) < 4.78 is 26.1. The molecule has 7 heteroatoms. The fraction of sp³-hybridized carbons (Fsp3) is 0.417. The number of nitrogens with zero attached hydrogens (tertiary/aromatic N) is 2. The zero-order valence-corrected chi connectivity index (χ0v) is 11.5. The molecule has 1 N–H and O–H groups in total. The van der Waals surface area contributed by atoms with Gasteiger partial charge in [-0.05, 0) is 24.3 Å². The third kappa shape index (κ3) is 3.31. The van der Waals surface area contributed by atoms with E-state index in [1.54, 1.807) is 12.1 Å². The molecular weight excluding hydrogens is 266 g/mol. The zero-order chi connectivity index (χ0) is 13.9. The predicted molar refractivity (Wildman–Crippen MR) is 71.4 cm³/mol. The number of rotatable bonds is 3. The highest BCUT2D eigenvalue weighted by Gasteiger charge is 2.25. The van der Waals surface area contributed by atoms with E-state index in [9.17, 15) is 13.2 Å². The number of hydrogen-bond donors (Lipinski definition) is 1. The quantitative estimate of drug-likeness (QED) is 0.863. The van der Waals surface area contributed by atoms with Gasteiger partial charge in [0.2, 0.25) is 15.9 Å². The molecule has 0 atom stereocenters. The molecule has 103 valence electrons. The molecular formula is C12H16N3O3S. The van der Waals surface area contributed by atoms with Crippen LogP contribution in [0.25, 0.3) is 0 Å². The Bertz CT molecular complexity index is 548. The Balaban J connectivity index is 2.18. The van der Waals surface area contributed by atoms with Crippen molar-refractivity contribution in [1.82, 2.24) is 9.62 Å². The number of carbonyl (C=O) groups is 1. The van der Waals surface area contributed by atoms with Gasteiger partial charge in [0.1, 0.15) is 0 Å². The van der Waals surface area contributed by atoms with E-state index < -0.39 is 10.0 Å². The van der Waals surface area contributed by atoms with E-state index in [-0.39, 0.29) is 10.8 Å². The molecule has 0 bridgehead atoms. The SMILES string of the molecule is CC(=O)Nc1ccc(S(=O)(=O)N2CC[N]CC2)cc1. The van der Waals surface area contributed by atoms with Gasteiger partial charge in [-0.2, -0.15) is 4.31 Å². The normalized spacial score (nSPS) is 17.1. The first-order valence-electron chi connectivity index (χ1n) is 6.01. The lowest BCUT2D eigenvalue weighted by molar-refractivity contribution is -0.114. The van der Waals surface area contributed by atoms with Gasteiger partial charge in [0.15, 0.2) is 0 Å². The Labute approximate surface area is 112 Å². The molecule has 1 amide bonds. The van der Waals surface area contributed by atoms with E-state index in [1.807, 2.05) is 0 Å². The molecule has 1 aromatic carbocycles. The van der Waals surface area contributed by atoms with E-state index in [1.165, 1.54) is 23.4 Å². The minimum Gasteiger partial charge on any atom is -0.326 e. The maximum atomic E-state index is 12.3. The molecule has 0 spiro atoms. The highest BCUT2D eigenvalue weighted by atomic mass is 32.2. The number of benzene rings is 1. The summed E-state index contributed by atoms with van der Waals surface area (Å²) in [5.41, 5.74) is 0.583. The topological polar surface area (TPSA) is 80.6 Å². The Hall–Kier alpha value is -1.44. The molecule has 0 saturated carbocycles. The number of carbonyl (C=O) groups excluding carboxylic acids is 1. The maximum Gasteiger partial charge on any atom is 0.243 e. The minimum atomic E-state index is -3.45. The minimum absolute atomic E-state index is 0.187. The largest absolute Gasteiger partial charge is 0.326 e. The van der Waals surface area contributed by atoms with Crippen molar-refractivity contribution in [1.29, 1.82) is 0 Å². The second kappa shape index (κ2) is 5.68. The van der Waals surface area contributed by atoms with Crippen LogP contribution >= 0.6 is 0 Å². The van der Waals surface area contributed by atoms with Crippen LogP contribution in [-0.4, -0.2) is 44.8 Å². The van der Waals surface area contributed by atoms with Crippen LogP contribution in [0, 0.1) is 0 Å². The number of anilines is 1. The summed E-state index contributed by atoms with van der Waals surface area (Å²) in [5, 5.41) is 6.73. The number of sulfonamides is 1. The molecule has 19 heavy (non-hydrogen) atoms. The Kier molecular flexibility index (Phi) is 4.18. The first-order valence-corrected chi connectivity index (χ1v) is 7.45. The van der Waals surface area contributed by atoms with Crippen LogP contribution in [0.3, 0.4) is 0 Å². The number of nitrogens with one attached hydrogen (secondary N) is 1. The van der Waals surface area contributed by atoms with Gasteiger partial charge in [0.25, 0.3) is 0 Å². The van der Waals surface area contributed by atoms with Crippen molar-refractivity contribution in [2.75, 3.05) is 31.5 Å². The van der Waals surface area contributed by atoms with Gasteiger partial charge in [0, 0.05) is 38.8 Å². The first-order chi connectivity index (χ1) is 9.00. The number of amides is 1. The maximum absolute atomic E-state index is 12.3. The van der Waals surface area contributed by atoms with Gasteiger partial charge in [0.05, 0.1) is 4.90 Å². The lowest BCUT2D eigenvalue weighted by atomic mass is 10.3.